The third kappa shape index (κ3) is 3.32. The Morgan fingerprint density at radius 1 is 1.18 bits per heavy atom. The van der Waals surface area contributed by atoms with Crippen LogP contribution in [0.1, 0.15) is 43.7 Å². The Labute approximate surface area is 105 Å². The molecule has 0 amide bonds. The van der Waals surface area contributed by atoms with Gasteiger partial charge in [-0.1, -0.05) is 43.2 Å². The maximum atomic E-state index is 10.1. The van der Waals surface area contributed by atoms with E-state index in [1.54, 1.807) is 0 Å². The summed E-state index contributed by atoms with van der Waals surface area (Å²) in [6.45, 7) is 4.39. The Bertz CT molecular complexity index is 341. The maximum Gasteiger partial charge on any atom is 0.0571 e. The summed E-state index contributed by atoms with van der Waals surface area (Å²) in [4.78, 5) is 0. The number of hydrogen-bond acceptors (Lipinski definition) is 1. The minimum Gasteiger partial charge on any atom is -0.393 e. The molecule has 1 aromatic carbocycles. The molecule has 1 fully saturated rings. The molecule has 2 rings (SSSR count). The summed E-state index contributed by atoms with van der Waals surface area (Å²) in [5.41, 5.74) is 2.68. The Balaban J connectivity index is 1.98. The van der Waals surface area contributed by atoms with Crippen molar-refractivity contribution in [3.05, 3.63) is 35.4 Å². The van der Waals surface area contributed by atoms with Crippen molar-refractivity contribution in [2.45, 2.75) is 52.1 Å². The molecule has 17 heavy (non-hydrogen) atoms. The molecule has 0 aromatic heterocycles. The average molecular weight is 232 g/mol. The molecular formula is C16H24O. The lowest BCUT2D eigenvalue weighted by Crippen LogP contribution is -2.30. The molecule has 1 aliphatic rings. The van der Waals surface area contributed by atoms with E-state index in [0.717, 1.165) is 18.8 Å². The second kappa shape index (κ2) is 5.68. The minimum atomic E-state index is -0.0842. The van der Waals surface area contributed by atoms with Crippen LogP contribution < -0.4 is 0 Å². The molecule has 1 heteroatoms. The Morgan fingerprint density at radius 3 is 2.53 bits per heavy atom. The monoisotopic (exact) mass is 232 g/mol. The third-order valence-corrected chi connectivity index (χ3v) is 4.25. The Kier molecular flexibility index (Phi) is 4.22. The molecule has 1 aliphatic carbocycles. The van der Waals surface area contributed by atoms with Crippen molar-refractivity contribution >= 4 is 0 Å². The topological polar surface area (TPSA) is 20.2 Å². The molecule has 94 valence electrons. The highest BCUT2D eigenvalue weighted by Gasteiger charge is 2.28. The number of aryl methyl sites for hydroxylation is 1. The van der Waals surface area contributed by atoms with Crippen LogP contribution in [0.15, 0.2) is 24.3 Å². The van der Waals surface area contributed by atoms with Crippen LogP contribution in [0.25, 0.3) is 0 Å². The summed E-state index contributed by atoms with van der Waals surface area (Å²) in [6, 6.07) is 8.75. The van der Waals surface area contributed by atoms with Gasteiger partial charge in [0.1, 0.15) is 0 Å². The largest absolute Gasteiger partial charge is 0.393 e. The normalized spacial score (nSPS) is 29.2. The summed E-state index contributed by atoms with van der Waals surface area (Å²) < 4.78 is 0. The molecular weight excluding hydrogens is 208 g/mol. The number of rotatable bonds is 3. The van der Waals surface area contributed by atoms with Crippen LogP contribution in [-0.2, 0) is 6.42 Å². The lowest BCUT2D eigenvalue weighted by molar-refractivity contribution is 0.0475. The molecule has 3 unspecified atom stereocenters. The van der Waals surface area contributed by atoms with Crippen LogP contribution in [-0.4, -0.2) is 11.2 Å². The van der Waals surface area contributed by atoms with E-state index < -0.39 is 0 Å². The third-order valence-electron chi connectivity index (χ3n) is 4.25. The molecule has 0 radical (unpaired) electrons. The first-order chi connectivity index (χ1) is 8.19. The standard InChI is InChI=1S/C16H24O/c1-3-13-8-9-16(17)15(10-13)11-14-6-4-12(2)5-7-14/h4-7,13,15-17H,3,8-11H2,1-2H3. The fraction of sp³-hybridized carbons (Fsp3) is 0.625. The van der Waals surface area contributed by atoms with Crippen molar-refractivity contribution in [2.24, 2.45) is 11.8 Å². The molecule has 1 nitrogen and oxygen atoms in total. The van der Waals surface area contributed by atoms with Crippen molar-refractivity contribution in [1.82, 2.24) is 0 Å². The molecule has 0 saturated heterocycles. The van der Waals surface area contributed by atoms with E-state index in [2.05, 4.69) is 38.1 Å². The first-order valence-corrected chi connectivity index (χ1v) is 6.92. The molecule has 1 N–H and O–H groups in total. The van der Waals surface area contributed by atoms with E-state index in [0.29, 0.717) is 5.92 Å². The number of aliphatic hydroxyl groups is 1. The Hall–Kier alpha value is -0.820. The van der Waals surface area contributed by atoms with Gasteiger partial charge in [0.05, 0.1) is 6.10 Å². The van der Waals surface area contributed by atoms with Gasteiger partial charge < -0.3 is 5.11 Å². The maximum absolute atomic E-state index is 10.1. The number of aliphatic hydroxyl groups excluding tert-OH is 1. The zero-order valence-electron chi connectivity index (χ0n) is 11.0. The van der Waals surface area contributed by atoms with E-state index in [1.165, 1.54) is 30.4 Å². The quantitative estimate of drug-likeness (QED) is 0.842. The second-order valence-corrected chi connectivity index (χ2v) is 5.60. The summed E-state index contributed by atoms with van der Waals surface area (Å²) in [5.74, 6) is 1.30. The van der Waals surface area contributed by atoms with E-state index in [9.17, 15) is 5.11 Å². The predicted molar refractivity (Wildman–Crippen MR) is 72.0 cm³/mol. The van der Waals surface area contributed by atoms with Gasteiger partial charge in [0.25, 0.3) is 0 Å². The van der Waals surface area contributed by atoms with Crippen molar-refractivity contribution in [2.75, 3.05) is 0 Å². The fourth-order valence-electron chi connectivity index (χ4n) is 2.96. The van der Waals surface area contributed by atoms with Gasteiger partial charge in [-0.2, -0.15) is 0 Å². The van der Waals surface area contributed by atoms with E-state index in [1.807, 2.05) is 0 Å². The van der Waals surface area contributed by atoms with Crippen molar-refractivity contribution in [3.63, 3.8) is 0 Å². The summed E-state index contributed by atoms with van der Waals surface area (Å²) >= 11 is 0. The van der Waals surface area contributed by atoms with Gasteiger partial charge >= 0.3 is 0 Å². The van der Waals surface area contributed by atoms with Crippen molar-refractivity contribution in [1.29, 1.82) is 0 Å². The number of hydrogen-bond donors (Lipinski definition) is 1. The van der Waals surface area contributed by atoms with Gasteiger partial charge in [-0.3, -0.25) is 0 Å². The summed E-state index contributed by atoms with van der Waals surface area (Å²) in [6.07, 6.45) is 5.62. The molecule has 3 atom stereocenters. The van der Waals surface area contributed by atoms with Crippen molar-refractivity contribution in [3.8, 4) is 0 Å². The molecule has 0 aliphatic heterocycles. The van der Waals surface area contributed by atoms with E-state index in [4.69, 9.17) is 0 Å². The molecule has 0 heterocycles. The van der Waals surface area contributed by atoms with Crippen LogP contribution >= 0.6 is 0 Å². The van der Waals surface area contributed by atoms with Gasteiger partial charge in [-0.05, 0) is 50.0 Å². The van der Waals surface area contributed by atoms with Crippen LogP contribution in [0.3, 0.4) is 0 Å². The molecule has 1 saturated carbocycles. The molecule has 0 bridgehead atoms. The smallest absolute Gasteiger partial charge is 0.0571 e. The first-order valence-electron chi connectivity index (χ1n) is 6.92. The van der Waals surface area contributed by atoms with Crippen LogP contribution in [0.4, 0.5) is 0 Å². The van der Waals surface area contributed by atoms with Gasteiger partial charge in [-0.25, -0.2) is 0 Å². The molecule has 0 spiro atoms. The summed E-state index contributed by atoms with van der Waals surface area (Å²) in [7, 11) is 0. The zero-order valence-corrected chi connectivity index (χ0v) is 11.0. The fourth-order valence-corrected chi connectivity index (χ4v) is 2.96. The lowest BCUT2D eigenvalue weighted by atomic mass is 9.76. The number of benzene rings is 1. The summed E-state index contributed by atoms with van der Waals surface area (Å²) in [5, 5.41) is 10.1. The van der Waals surface area contributed by atoms with Gasteiger partial charge in [0.15, 0.2) is 0 Å². The first kappa shape index (κ1) is 12.6. The van der Waals surface area contributed by atoms with Gasteiger partial charge in [-0.15, -0.1) is 0 Å². The second-order valence-electron chi connectivity index (χ2n) is 5.60. The highest BCUT2D eigenvalue weighted by molar-refractivity contribution is 5.21. The minimum absolute atomic E-state index is 0.0842. The zero-order chi connectivity index (χ0) is 12.3. The van der Waals surface area contributed by atoms with Crippen LogP contribution in [0, 0.1) is 18.8 Å². The lowest BCUT2D eigenvalue weighted by Gasteiger charge is -2.33. The predicted octanol–water partition coefficient (Wildman–Crippen LogP) is 3.72. The Morgan fingerprint density at radius 2 is 1.88 bits per heavy atom. The average Bonchev–Trinajstić information content (AvgIpc) is 2.35. The highest BCUT2D eigenvalue weighted by Crippen LogP contribution is 2.33. The van der Waals surface area contributed by atoms with E-state index in [-0.39, 0.29) is 6.10 Å². The van der Waals surface area contributed by atoms with Gasteiger partial charge in [0.2, 0.25) is 0 Å². The van der Waals surface area contributed by atoms with Crippen LogP contribution in [0.5, 0.6) is 0 Å². The van der Waals surface area contributed by atoms with Gasteiger partial charge in [0, 0.05) is 0 Å². The van der Waals surface area contributed by atoms with Crippen LogP contribution in [0.2, 0.25) is 0 Å². The van der Waals surface area contributed by atoms with Crippen molar-refractivity contribution < 1.29 is 5.11 Å². The molecule has 1 aromatic rings. The highest BCUT2D eigenvalue weighted by atomic mass is 16.3. The SMILES string of the molecule is CCC1CCC(O)C(Cc2ccc(C)cc2)C1. The van der Waals surface area contributed by atoms with E-state index >= 15 is 0 Å².